The van der Waals surface area contributed by atoms with Crippen molar-refractivity contribution in [1.82, 2.24) is 0 Å². The molecule has 0 aromatic rings. The summed E-state index contributed by atoms with van der Waals surface area (Å²) in [6, 6.07) is 0. The summed E-state index contributed by atoms with van der Waals surface area (Å²) in [4.78, 5) is 0. The van der Waals surface area contributed by atoms with E-state index in [0.717, 1.165) is 0 Å². The number of hydrogen-bond acceptors (Lipinski definition) is 1. The molecule has 0 amide bonds. The second-order valence-electron chi connectivity index (χ2n) is 1.21. The van der Waals surface area contributed by atoms with Gasteiger partial charge in [0.2, 0.25) is 0 Å². The topological polar surface area (TPSA) is 9.23 Å². The van der Waals surface area contributed by atoms with Crippen LogP contribution in [0, 0.1) is 6.17 Å². The summed E-state index contributed by atoms with van der Waals surface area (Å²) in [6.07, 6.45) is -4.95. The standard InChI is InChI=1S/C3H2F3O.K/c4-2-1-7-3(2,5)6;/h1H2;/q-1;+1. The van der Waals surface area contributed by atoms with Crippen molar-refractivity contribution in [3.63, 3.8) is 0 Å². The van der Waals surface area contributed by atoms with E-state index in [1.807, 2.05) is 0 Å². The van der Waals surface area contributed by atoms with Crippen LogP contribution in [0.3, 0.4) is 0 Å². The van der Waals surface area contributed by atoms with Crippen LogP contribution in [-0.2, 0) is 4.74 Å². The van der Waals surface area contributed by atoms with Gasteiger partial charge >= 0.3 is 51.4 Å². The Kier molecular flexibility index (Phi) is 3.50. The second kappa shape index (κ2) is 2.98. The van der Waals surface area contributed by atoms with Gasteiger partial charge in [-0.1, -0.05) is 0 Å². The first-order valence-corrected chi connectivity index (χ1v) is 1.66. The zero-order valence-corrected chi connectivity index (χ0v) is 7.37. The summed E-state index contributed by atoms with van der Waals surface area (Å²) >= 11 is 0. The maximum atomic E-state index is 11.3. The predicted molar refractivity (Wildman–Crippen MR) is 15.3 cm³/mol. The molecule has 0 aromatic carbocycles. The van der Waals surface area contributed by atoms with Gasteiger partial charge in [-0.25, -0.2) is 8.78 Å². The van der Waals surface area contributed by atoms with Crippen LogP contribution in [0.15, 0.2) is 0 Å². The fourth-order valence-corrected chi connectivity index (χ4v) is 0.236. The van der Waals surface area contributed by atoms with Crippen molar-refractivity contribution in [2.24, 2.45) is 0 Å². The SMILES string of the molecule is F[C-]1COC1(F)F.[K+]. The van der Waals surface area contributed by atoms with E-state index in [1.165, 1.54) is 0 Å². The quantitative estimate of drug-likeness (QED) is 0.290. The molecular formula is C3H2F3KO. The number of rotatable bonds is 0. The van der Waals surface area contributed by atoms with E-state index in [1.54, 1.807) is 0 Å². The minimum absolute atomic E-state index is 0. The summed E-state index contributed by atoms with van der Waals surface area (Å²) < 4.78 is 37.4. The van der Waals surface area contributed by atoms with Gasteiger partial charge in [-0.15, -0.1) is 0 Å². The molecule has 0 spiro atoms. The van der Waals surface area contributed by atoms with E-state index in [9.17, 15) is 13.2 Å². The van der Waals surface area contributed by atoms with Crippen LogP contribution >= 0.6 is 0 Å². The summed E-state index contributed by atoms with van der Waals surface area (Å²) in [5.41, 5.74) is 0. The van der Waals surface area contributed by atoms with Crippen molar-refractivity contribution in [3.8, 4) is 0 Å². The molecule has 1 heterocycles. The summed E-state index contributed by atoms with van der Waals surface area (Å²) in [5, 5.41) is 0. The molecule has 42 valence electrons. The summed E-state index contributed by atoms with van der Waals surface area (Å²) in [6.45, 7) is -0.549. The van der Waals surface area contributed by atoms with Crippen molar-refractivity contribution >= 4 is 0 Å². The smallest absolute Gasteiger partial charge is 0.445 e. The molecule has 0 N–H and O–H groups in total. The molecule has 1 saturated heterocycles. The Morgan fingerprint density at radius 3 is 1.88 bits per heavy atom. The van der Waals surface area contributed by atoms with Crippen LogP contribution in [0.2, 0.25) is 0 Å². The molecule has 1 fully saturated rings. The van der Waals surface area contributed by atoms with Gasteiger partial charge in [0.15, 0.2) is 0 Å². The average Bonchev–Trinajstić information content (AvgIpc) is 1.63. The molecular weight excluding hydrogens is 148 g/mol. The van der Waals surface area contributed by atoms with Gasteiger partial charge in [0.25, 0.3) is 6.11 Å². The summed E-state index contributed by atoms with van der Waals surface area (Å²) in [5.74, 6) is 0. The molecule has 0 atom stereocenters. The second-order valence-corrected chi connectivity index (χ2v) is 1.21. The largest absolute Gasteiger partial charge is 1.00 e. The molecule has 0 unspecified atom stereocenters. The zero-order valence-electron chi connectivity index (χ0n) is 4.25. The van der Waals surface area contributed by atoms with Gasteiger partial charge in [-0.3, -0.25) is 0 Å². The minimum Gasteiger partial charge on any atom is -0.445 e. The third kappa shape index (κ3) is 1.68. The van der Waals surface area contributed by atoms with E-state index >= 15 is 0 Å². The predicted octanol–water partition coefficient (Wildman–Crippen LogP) is -1.89. The van der Waals surface area contributed by atoms with Crippen molar-refractivity contribution in [1.29, 1.82) is 0 Å². The van der Waals surface area contributed by atoms with Crippen LogP contribution in [0.4, 0.5) is 13.2 Å². The van der Waals surface area contributed by atoms with E-state index < -0.39 is 18.9 Å². The first-order chi connectivity index (χ1) is 3.13. The van der Waals surface area contributed by atoms with Crippen LogP contribution in [-0.4, -0.2) is 12.7 Å². The Morgan fingerprint density at radius 2 is 1.88 bits per heavy atom. The van der Waals surface area contributed by atoms with Gasteiger partial charge in [-0.05, 0) is 12.8 Å². The van der Waals surface area contributed by atoms with Gasteiger partial charge in [0, 0.05) is 0 Å². The Hall–Kier alpha value is 1.39. The first kappa shape index (κ1) is 9.39. The monoisotopic (exact) mass is 150 g/mol. The Bertz CT molecular complexity index is 86.6. The van der Waals surface area contributed by atoms with Crippen molar-refractivity contribution < 1.29 is 69.3 Å². The van der Waals surface area contributed by atoms with E-state index in [0.29, 0.717) is 0 Å². The zero-order chi connectivity index (χ0) is 5.49. The first-order valence-electron chi connectivity index (χ1n) is 1.66. The number of ether oxygens (including phenoxy) is 1. The maximum absolute atomic E-state index is 11.3. The number of alkyl halides is 2. The Labute approximate surface area is 87.0 Å². The van der Waals surface area contributed by atoms with Gasteiger partial charge in [0.05, 0.1) is 0 Å². The Balaban J connectivity index is 0.000000490. The summed E-state index contributed by atoms with van der Waals surface area (Å²) in [7, 11) is 0. The number of halogens is 3. The molecule has 0 aliphatic carbocycles. The molecule has 1 aliphatic rings. The van der Waals surface area contributed by atoms with Crippen molar-refractivity contribution in [2.45, 2.75) is 6.11 Å². The van der Waals surface area contributed by atoms with Crippen LogP contribution in [0.1, 0.15) is 0 Å². The van der Waals surface area contributed by atoms with Gasteiger partial charge < -0.3 is 9.13 Å². The minimum atomic E-state index is -3.57. The van der Waals surface area contributed by atoms with E-state index in [2.05, 4.69) is 4.74 Å². The molecule has 1 nitrogen and oxygen atoms in total. The van der Waals surface area contributed by atoms with Crippen LogP contribution < -0.4 is 51.4 Å². The molecule has 1 rings (SSSR count). The molecule has 0 saturated carbocycles. The van der Waals surface area contributed by atoms with E-state index in [-0.39, 0.29) is 51.4 Å². The third-order valence-corrected chi connectivity index (χ3v) is 0.696. The van der Waals surface area contributed by atoms with E-state index in [4.69, 9.17) is 0 Å². The molecule has 0 aromatic heterocycles. The van der Waals surface area contributed by atoms with Gasteiger partial charge in [0.1, 0.15) is 0 Å². The fourth-order valence-electron chi connectivity index (χ4n) is 0.236. The van der Waals surface area contributed by atoms with Crippen LogP contribution in [0.25, 0.3) is 0 Å². The Morgan fingerprint density at radius 1 is 1.50 bits per heavy atom. The normalized spacial score (nSPS) is 25.9. The van der Waals surface area contributed by atoms with Crippen molar-refractivity contribution in [3.05, 3.63) is 6.17 Å². The maximum Gasteiger partial charge on any atom is 1.00 e. The molecule has 1 aliphatic heterocycles. The average molecular weight is 150 g/mol. The third-order valence-electron chi connectivity index (χ3n) is 0.696. The number of hydrogen-bond donors (Lipinski definition) is 0. The fraction of sp³-hybridized carbons (Fsp3) is 0.667. The molecule has 8 heavy (non-hydrogen) atoms. The molecule has 5 heteroatoms. The molecule has 0 radical (unpaired) electrons. The van der Waals surface area contributed by atoms with Gasteiger partial charge in [-0.2, -0.15) is 0 Å². The van der Waals surface area contributed by atoms with Crippen molar-refractivity contribution in [2.75, 3.05) is 6.61 Å². The molecule has 0 bridgehead atoms. The van der Waals surface area contributed by atoms with Crippen LogP contribution in [0.5, 0.6) is 0 Å².